The van der Waals surface area contributed by atoms with Gasteiger partial charge in [-0.2, -0.15) is 0 Å². The Morgan fingerprint density at radius 1 is 1.67 bits per heavy atom. The Labute approximate surface area is 71.5 Å². The second kappa shape index (κ2) is 4.09. The lowest BCUT2D eigenvalue weighted by molar-refractivity contribution is -0.147. The Morgan fingerprint density at radius 3 is 3.00 bits per heavy atom. The fraction of sp³-hybridized carbons (Fsp3) is 0.750. The number of ether oxygens (including phenoxy) is 1. The number of rotatable bonds is 2. The highest BCUT2D eigenvalue weighted by atomic mass is 16.5. The van der Waals surface area contributed by atoms with Gasteiger partial charge in [0.1, 0.15) is 0 Å². The van der Waals surface area contributed by atoms with Gasteiger partial charge in [-0.1, -0.05) is 0 Å². The van der Waals surface area contributed by atoms with E-state index in [1.165, 1.54) is 7.11 Å². The number of esters is 1. The van der Waals surface area contributed by atoms with Crippen molar-refractivity contribution in [3.63, 3.8) is 0 Å². The van der Waals surface area contributed by atoms with Crippen molar-refractivity contribution in [2.45, 2.75) is 12.8 Å². The molecule has 1 rings (SSSR count). The zero-order chi connectivity index (χ0) is 8.97. The maximum absolute atomic E-state index is 11.1. The average molecular weight is 171 g/mol. The number of amides is 1. The van der Waals surface area contributed by atoms with Gasteiger partial charge in [-0.05, 0) is 12.8 Å². The first-order valence-corrected chi connectivity index (χ1v) is 4.05. The molecule has 1 aliphatic rings. The van der Waals surface area contributed by atoms with Crippen LogP contribution in [0.1, 0.15) is 12.8 Å². The second-order valence-electron chi connectivity index (χ2n) is 2.96. The van der Waals surface area contributed by atoms with Gasteiger partial charge >= 0.3 is 5.97 Å². The fourth-order valence-electron chi connectivity index (χ4n) is 1.46. The van der Waals surface area contributed by atoms with Crippen molar-refractivity contribution in [2.75, 3.05) is 20.2 Å². The smallest absolute Gasteiger partial charge is 0.310 e. The Morgan fingerprint density at radius 2 is 2.42 bits per heavy atom. The first kappa shape index (κ1) is 9.03. The molecule has 1 saturated heterocycles. The molecule has 0 spiro atoms. The van der Waals surface area contributed by atoms with Crippen LogP contribution in [0.2, 0.25) is 0 Å². The lowest BCUT2D eigenvalue weighted by Gasteiger charge is -2.27. The van der Waals surface area contributed by atoms with Crippen molar-refractivity contribution in [1.82, 2.24) is 4.90 Å². The summed E-state index contributed by atoms with van der Waals surface area (Å²) in [5.74, 6) is -0.324. The Hall–Kier alpha value is -1.06. The molecule has 1 atom stereocenters. The largest absolute Gasteiger partial charge is 0.469 e. The van der Waals surface area contributed by atoms with Crippen LogP contribution in [-0.2, 0) is 14.3 Å². The zero-order valence-corrected chi connectivity index (χ0v) is 7.16. The summed E-state index contributed by atoms with van der Waals surface area (Å²) in [7, 11) is 1.38. The highest BCUT2D eigenvalue weighted by molar-refractivity contribution is 5.73. The molecule has 0 bridgehead atoms. The van der Waals surface area contributed by atoms with Gasteiger partial charge in [-0.3, -0.25) is 9.59 Å². The summed E-state index contributed by atoms with van der Waals surface area (Å²) in [6.07, 6.45) is 2.50. The van der Waals surface area contributed by atoms with Gasteiger partial charge in [-0.15, -0.1) is 0 Å². The van der Waals surface area contributed by atoms with Crippen LogP contribution in [-0.4, -0.2) is 37.5 Å². The maximum Gasteiger partial charge on any atom is 0.310 e. The van der Waals surface area contributed by atoms with Crippen LogP contribution in [0.5, 0.6) is 0 Å². The molecule has 0 aliphatic carbocycles. The zero-order valence-electron chi connectivity index (χ0n) is 7.16. The summed E-state index contributed by atoms with van der Waals surface area (Å²) in [4.78, 5) is 23.1. The molecule has 0 aromatic carbocycles. The number of hydrogen-bond donors (Lipinski definition) is 0. The minimum Gasteiger partial charge on any atom is -0.469 e. The second-order valence-corrected chi connectivity index (χ2v) is 2.96. The van der Waals surface area contributed by atoms with Crippen molar-refractivity contribution in [3.8, 4) is 0 Å². The van der Waals surface area contributed by atoms with E-state index in [1.807, 2.05) is 0 Å². The molecule has 4 nitrogen and oxygen atoms in total. The van der Waals surface area contributed by atoms with Crippen LogP contribution < -0.4 is 0 Å². The van der Waals surface area contributed by atoms with Gasteiger partial charge < -0.3 is 9.64 Å². The van der Waals surface area contributed by atoms with Crippen LogP contribution in [0.15, 0.2) is 0 Å². The normalized spacial score (nSPS) is 23.4. The van der Waals surface area contributed by atoms with Gasteiger partial charge in [0.15, 0.2) is 0 Å². The van der Waals surface area contributed by atoms with E-state index in [0.29, 0.717) is 6.54 Å². The molecule has 1 fully saturated rings. The minimum atomic E-state index is -0.207. The first-order chi connectivity index (χ1) is 5.77. The van der Waals surface area contributed by atoms with Crippen molar-refractivity contribution in [3.05, 3.63) is 0 Å². The lowest BCUT2D eigenvalue weighted by Crippen LogP contribution is -2.38. The topological polar surface area (TPSA) is 46.6 Å². The van der Waals surface area contributed by atoms with Crippen molar-refractivity contribution < 1.29 is 14.3 Å². The predicted octanol–water partition coefficient (Wildman–Crippen LogP) is 0.0278. The highest BCUT2D eigenvalue weighted by Gasteiger charge is 2.25. The molecular weight excluding hydrogens is 158 g/mol. The molecule has 12 heavy (non-hydrogen) atoms. The Balaban J connectivity index is 2.45. The van der Waals surface area contributed by atoms with E-state index < -0.39 is 0 Å². The molecular formula is C8H13NO3. The fourth-order valence-corrected chi connectivity index (χ4v) is 1.46. The van der Waals surface area contributed by atoms with Crippen LogP contribution in [0.25, 0.3) is 0 Å². The first-order valence-electron chi connectivity index (χ1n) is 4.05. The van der Waals surface area contributed by atoms with E-state index >= 15 is 0 Å². The summed E-state index contributed by atoms with van der Waals surface area (Å²) in [5.41, 5.74) is 0. The molecule has 1 amide bonds. The number of nitrogens with zero attached hydrogens (tertiary/aromatic N) is 1. The molecule has 0 saturated carbocycles. The molecule has 0 aromatic heterocycles. The lowest BCUT2D eigenvalue weighted by atomic mass is 9.99. The molecule has 68 valence electrons. The molecule has 0 N–H and O–H groups in total. The monoisotopic (exact) mass is 171 g/mol. The van der Waals surface area contributed by atoms with E-state index in [1.54, 1.807) is 4.90 Å². The number of piperidine rings is 1. The molecule has 1 unspecified atom stereocenters. The van der Waals surface area contributed by atoms with Crippen molar-refractivity contribution in [2.24, 2.45) is 5.92 Å². The third-order valence-electron chi connectivity index (χ3n) is 2.14. The maximum atomic E-state index is 11.1. The van der Waals surface area contributed by atoms with E-state index in [9.17, 15) is 9.59 Å². The highest BCUT2D eigenvalue weighted by Crippen LogP contribution is 2.15. The summed E-state index contributed by atoms with van der Waals surface area (Å²) in [5, 5.41) is 0. The Kier molecular flexibility index (Phi) is 3.08. The number of likely N-dealkylation sites (tertiary alicyclic amines) is 1. The minimum absolute atomic E-state index is 0.117. The van der Waals surface area contributed by atoms with Crippen molar-refractivity contribution in [1.29, 1.82) is 0 Å². The van der Waals surface area contributed by atoms with E-state index in [-0.39, 0.29) is 11.9 Å². The van der Waals surface area contributed by atoms with Gasteiger partial charge in [0.25, 0.3) is 0 Å². The standard InChI is InChI=1S/C8H13NO3/c1-12-8(11)7-3-2-4-9(5-7)6-10/h6-7H,2-5H2,1H3. The van der Waals surface area contributed by atoms with E-state index in [2.05, 4.69) is 4.74 Å². The van der Waals surface area contributed by atoms with Gasteiger partial charge in [0, 0.05) is 13.1 Å². The number of hydrogen-bond acceptors (Lipinski definition) is 3. The third kappa shape index (κ3) is 1.96. The SMILES string of the molecule is COC(=O)C1CCCN(C=O)C1. The summed E-state index contributed by atoms with van der Waals surface area (Å²) < 4.78 is 4.60. The van der Waals surface area contributed by atoms with E-state index in [0.717, 1.165) is 25.8 Å². The van der Waals surface area contributed by atoms with Gasteiger partial charge in [-0.25, -0.2) is 0 Å². The number of carbonyl (C=O) groups is 2. The summed E-state index contributed by atoms with van der Waals surface area (Å²) in [6, 6.07) is 0. The van der Waals surface area contributed by atoms with Crippen LogP contribution in [0.4, 0.5) is 0 Å². The Bertz CT molecular complexity index is 181. The van der Waals surface area contributed by atoms with Crippen LogP contribution in [0, 0.1) is 5.92 Å². The van der Waals surface area contributed by atoms with Crippen molar-refractivity contribution >= 4 is 12.4 Å². The average Bonchev–Trinajstić information content (AvgIpc) is 2.17. The van der Waals surface area contributed by atoms with Crippen LogP contribution >= 0.6 is 0 Å². The quantitative estimate of drug-likeness (QED) is 0.435. The predicted molar refractivity (Wildman–Crippen MR) is 42.4 cm³/mol. The summed E-state index contributed by atoms with van der Waals surface area (Å²) >= 11 is 0. The molecule has 0 radical (unpaired) electrons. The van der Waals surface area contributed by atoms with E-state index in [4.69, 9.17) is 0 Å². The summed E-state index contributed by atoms with van der Waals surface area (Å²) in [6.45, 7) is 1.27. The molecule has 4 heteroatoms. The number of methoxy groups -OCH3 is 1. The van der Waals surface area contributed by atoms with Crippen LogP contribution in [0.3, 0.4) is 0 Å². The molecule has 0 aromatic rings. The van der Waals surface area contributed by atoms with Gasteiger partial charge in [0.05, 0.1) is 13.0 Å². The third-order valence-corrected chi connectivity index (χ3v) is 2.14. The molecule has 1 aliphatic heterocycles. The number of carbonyl (C=O) groups excluding carboxylic acids is 2. The van der Waals surface area contributed by atoms with Gasteiger partial charge in [0.2, 0.25) is 6.41 Å². The molecule has 1 heterocycles.